The van der Waals surface area contributed by atoms with Crippen LogP contribution in [0.1, 0.15) is 35.4 Å². The van der Waals surface area contributed by atoms with Crippen molar-refractivity contribution in [2.45, 2.75) is 37.5 Å². The van der Waals surface area contributed by atoms with Gasteiger partial charge in [-0.3, -0.25) is 4.79 Å². The fourth-order valence-electron chi connectivity index (χ4n) is 4.62. The van der Waals surface area contributed by atoms with Crippen LogP contribution in [0.25, 0.3) is 11.1 Å². The van der Waals surface area contributed by atoms with Gasteiger partial charge >= 0.3 is 5.97 Å². The molecule has 45 heavy (non-hydrogen) atoms. The Morgan fingerprint density at radius 3 is 2.02 bits per heavy atom. The Labute approximate surface area is 256 Å². The molecule has 0 bridgehead atoms. The largest absolute Gasteiger partial charge is 0.508 e. The Hall–Kier alpha value is -5.27. The van der Waals surface area contributed by atoms with Gasteiger partial charge in [0.2, 0.25) is 5.91 Å². The number of halogens is 2. The van der Waals surface area contributed by atoms with E-state index in [0.29, 0.717) is 27.8 Å². The normalized spacial score (nSPS) is 13.3. The van der Waals surface area contributed by atoms with Gasteiger partial charge in [0.05, 0.1) is 18.6 Å². The molecule has 13 heteroatoms. The van der Waals surface area contributed by atoms with Crippen molar-refractivity contribution in [3.05, 3.63) is 119 Å². The molecular formula is C32H31F2N5O6. The Morgan fingerprint density at radius 2 is 1.51 bits per heavy atom. The Kier molecular flexibility index (Phi) is 10.8. The number of rotatable bonds is 13. The molecule has 11 nitrogen and oxygen atoms in total. The molecule has 234 valence electrons. The van der Waals surface area contributed by atoms with Crippen LogP contribution in [0, 0.1) is 11.6 Å². The molecule has 0 aliphatic heterocycles. The summed E-state index contributed by atoms with van der Waals surface area (Å²) < 4.78 is 29.0. The summed E-state index contributed by atoms with van der Waals surface area (Å²) in [6.07, 6.45) is -0.501. The first-order valence-electron chi connectivity index (χ1n) is 13.8. The number of aliphatic carboxylic acids is 1. The van der Waals surface area contributed by atoms with Crippen LogP contribution in [-0.2, 0) is 23.1 Å². The molecule has 1 aromatic heterocycles. The average Bonchev–Trinajstić information content (AvgIpc) is 3.42. The summed E-state index contributed by atoms with van der Waals surface area (Å²) in [6.45, 7) is 0. The van der Waals surface area contributed by atoms with E-state index in [-0.39, 0.29) is 24.4 Å². The number of aliphatic hydroxyl groups is 2. The fraction of sp³-hybridized carbons (Fsp3) is 0.219. The second-order valence-electron chi connectivity index (χ2n) is 10.3. The van der Waals surface area contributed by atoms with Crippen LogP contribution < -0.4 is 5.32 Å². The minimum absolute atomic E-state index is 0.0170. The lowest BCUT2D eigenvalue weighted by molar-refractivity contribution is -0.142. The summed E-state index contributed by atoms with van der Waals surface area (Å²) in [7, 11) is 1.60. The van der Waals surface area contributed by atoms with Crippen LogP contribution in [0.2, 0.25) is 0 Å². The van der Waals surface area contributed by atoms with Gasteiger partial charge in [0.1, 0.15) is 23.4 Å². The number of carboxylic acids is 1. The zero-order valence-electron chi connectivity index (χ0n) is 24.1. The lowest BCUT2D eigenvalue weighted by atomic mass is 9.91. The quantitative estimate of drug-likeness (QED) is 0.141. The summed E-state index contributed by atoms with van der Waals surface area (Å²) in [4.78, 5) is 24.2. The number of aromatic nitrogens is 4. The molecule has 3 atom stereocenters. The number of hydrogen-bond donors (Lipinski definition) is 5. The summed E-state index contributed by atoms with van der Waals surface area (Å²) in [5.41, 5.74) is 2.58. The fourth-order valence-corrected chi connectivity index (χ4v) is 4.62. The van der Waals surface area contributed by atoms with E-state index in [1.165, 1.54) is 89.6 Å². The van der Waals surface area contributed by atoms with Crippen LogP contribution in [0.4, 0.5) is 8.78 Å². The number of hydrogen-bond acceptors (Lipinski definition) is 8. The van der Waals surface area contributed by atoms with Gasteiger partial charge in [-0.25, -0.2) is 18.3 Å². The van der Waals surface area contributed by atoms with E-state index in [0.717, 1.165) is 0 Å². The Balaban J connectivity index is 1.53. The number of aryl methyl sites for hydroxylation is 1. The molecule has 1 heterocycles. The number of tetrazole rings is 1. The van der Waals surface area contributed by atoms with E-state index >= 15 is 0 Å². The predicted molar refractivity (Wildman–Crippen MR) is 159 cm³/mol. The molecule has 0 saturated heterocycles. The molecule has 0 aliphatic carbocycles. The molecule has 0 saturated carbocycles. The molecule has 4 rings (SSSR count). The lowest BCUT2D eigenvalue weighted by Crippen LogP contribution is -2.43. The Bertz CT molecular complexity index is 1620. The first kappa shape index (κ1) is 32.6. The van der Waals surface area contributed by atoms with Crippen molar-refractivity contribution in [1.82, 2.24) is 25.5 Å². The summed E-state index contributed by atoms with van der Waals surface area (Å²) in [5, 5.41) is 54.3. The number of phenolic OH excluding ortho intramolecular Hbond substituents is 1. The highest BCUT2D eigenvalue weighted by Crippen LogP contribution is 2.33. The van der Waals surface area contributed by atoms with Crippen LogP contribution >= 0.6 is 0 Å². The first-order valence-corrected chi connectivity index (χ1v) is 13.8. The zero-order valence-corrected chi connectivity index (χ0v) is 24.1. The number of amides is 1. The van der Waals surface area contributed by atoms with Gasteiger partial charge in [0.15, 0.2) is 5.82 Å². The van der Waals surface area contributed by atoms with Crippen molar-refractivity contribution in [2.75, 3.05) is 0 Å². The van der Waals surface area contributed by atoms with E-state index < -0.39 is 48.2 Å². The highest BCUT2D eigenvalue weighted by Gasteiger charge is 2.23. The molecule has 3 aromatic carbocycles. The van der Waals surface area contributed by atoms with Crippen molar-refractivity contribution in [1.29, 1.82) is 0 Å². The minimum Gasteiger partial charge on any atom is -0.508 e. The number of allylic oxidation sites excluding steroid dienone is 2. The molecule has 0 unspecified atom stereocenters. The molecule has 0 spiro atoms. The number of aromatic hydroxyl groups is 1. The number of phenols is 1. The number of nitrogens with zero attached hydrogens (tertiary/aromatic N) is 4. The summed E-state index contributed by atoms with van der Waals surface area (Å²) in [6, 6.07) is 15.8. The zero-order chi connectivity index (χ0) is 32.5. The second kappa shape index (κ2) is 14.9. The second-order valence-corrected chi connectivity index (χ2v) is 10.3. The maximum Gasteiger partial charge on any atom is 0.326 e. The van der Waals surface area contributed by atoms with E-state index in [4.69, 9.17) is 0 Å². The van der Waals surface area contributed by atoms with Gasteiger partial charge in [-0.15, -0.1) is 5.10 Å². The van der Waals surface area contributed by atoms with Gasteiger partial charge in [0, 0.05) is 25.5 Å². The van der Waals surface area contributed by atoms with E-state index in [9.17, 15) is 38.8 Å². The van der Waals surface area contributed by atoms with Crippen LogP contribution in [-0.4, -0.2) is 70.8 Å². The molecule has 0 radical (unpaired) electrons. The smallest absolute Gasteiger partial charge is 0.326 e. The van der Waals surface area contributed by atoms with Crippen LogP contribution in [0.5, 0.6) is 5.75 Å². The van der Waals surface area contributed by atoms with E-state index in [1.807, 2.05) is 0 Å². The molecule has 0 aliphatic rings. The van der Waals surface area contributed by atoms with Gasteiger partial charge < -0.3 is 25.7 Å². The highest BCUT2D eigenvalue weighted by atomic mass is 19.1. The summed E-state index contributed by atoms with van der Waals surface area (Å²) in [5.74, 6) is -2.63. The number of nitrogens with one attached hydrogen (secondary N) is 1. The van der Waals surface area contributed by atoms with E-state index in [2.05, 4.69) is 20.8 Å². The van der Waals surface area contributed by atoms with Crippen molar-refractivity contribution in [3.8, 4) is 5.75 Å². The van der Waals surface area contributed by atoms with E-state index in [1.54, 1.807) is 7.05 Å². The highest BCUT2D eigenvalue weighted by molar-refractivity contribution is 6.00. The Morgan fingerprint density at radius 1 is 0.933 bits per heavy atom. The molecule has 4 aromatic rings. The molecule has 5 N–H and O–H groups in total. The maximum atomic E-state index is 13.8. The number of carbonyl (C=O) groups is 2. The third-order valence-electron chi connectivity index (χ3n) is 6.83. The summed E-state index contributed by atoms with van der Waals surface area (Å²) >= 11 is 0. The predicted octanol–water partition coefficient (Wildman–Crippen LogP) is 3.02. The van der Waals surface area contributed by atoms with Gasteiger partial charge in [0.25, 0.3) is 0 Å². The van der Waals surface area contributed by atoms with Gasteiger partial charge in [-0.1, -0.05) is 48.6 Å². The maximum absolute atomic E-state index is 13.8. The SMILES string of the molecule is Cn1nnnc1C(C=C[C@@H](O)C[C@@H](O)CC(=O)N[C@@H](Cc1ccc(O)cc1)C(=O)O)=C(c1ccc(F)cc1)c1ccc(F)cc1. The van der Waals surface area contributed by atoms with Crippen molar-refractivity contribution < 1.29 is 38.8 Å². The van der Waals surface area contributed by atoms with Crippen LogP contribution in [0.3, 0.4) is 0 Å². The topological polar surface area (TPSA) is 171 Å². The van der Waals surface area contributed by atoms with Gasteiger partial charge in [-0.05, 0) is 69.1 Å². The molecule has 1 amide bonds. The average molecular weight is 620 g/mol. The molecular weight excluding hydrogens is 588 g/mol. The third kappa shape index (κ3) is 9.11. The van der Waals surface area contributed by atoms with Gasteiger partial charge in [-0.2, -0.15) is 0 Å². The van der Waals surface area contributed by atoms with Crippen molar-refractivity contribution in [2.24, 2.45) is 7.05 Å². The van der Waals surface area contributed by atoms with Crippen molar-refractivity contribution in [3.63, 3.8) is 0 Å². The number of carbonyl (C=O) groups excluding carboxylic acids is 1. The lowest BCUT2D eigenvalue weighted by Gasteiger charge is -2.17. The van der Waals surface area contributed by atoms with Crippen LogP contribution in [0.15, 0.2) is 84.9 Å². The number of benzene rings is 3. The monoisotopic (exact) mass is 619 g/mol. The van der Waals surface area contributed by atoms with Crippen molar-refractivity contribution >= 4 is 23.0 Å². The standard InChI is InChI=1S/C32H31F2N5O6/c1-39-31(36-37-38-39)27(30(20-4-8-22(33)9-5-20)21-6-10-23(34)11-7-21)15-14-25(41)17-26(42)18-29(43)35-28(32(44)45)16-19-2-12-24(40)13-3-19/h2-15,25-26,28,40-42H,16-18H2,1H3,(H,35,43)(H,44,45)/t25-,26-,28+/m1/s1. The number of carboxylic acid groups (broad SMARTS) is 1. The minimum atomic E-state index is -1.33. The first-order chi connectivity index (χ1) is 21.5. The number of aliphatic hydroxyl groups excluding tert-OH is 2. The molecule has 0 fully saturated rings. The third-order valence-corrected chi connectivity index (χ3v) is 6.83.